The van der Waals surface area contributed by atoms with Gasteiger partial charge in [-0.25, -0.2) is 4.79 Å². The van der Waals surface area contributed by atoms with Crippen LogP contribution in [-0.2, 0) is 22.5 Å². The van der Waals surface area contributed by atoms with E-state index < -0.39 is 0 Å². The minimum Gasteiger partial charge on any atom is -0.497 e. The molecule has 0 saturated carbocycles. The van der Waals surface area contributed by atoms with Crippen LogP contribution in [0.4, 0.5) is 0 Å². The van der Waals surface area contributed by atoms with E-state index in [9.17, 15) is 4.79 Å². The Morgan fingerprint density at radius 3 is 2.38 bits per heavy atom. The van der Waals surface area contributed by atoms with E-state index in [0.717, 1.165) is 17.7 Å². The van der Waals surface area contributed by atoms with Gasteiger partial charge in [0.05, 0.1) is 13.7 Å². The molecule has 2 aromatic carbocycles. The van der Waals surface area contributed by atoms with Crippen LogP contribution < -0.4 is 10.1 Å². The van der Waals surface area contributed by atoms with Crippen molar-refractivity contribution >= 4 is 5.97 Å². The van der Waals surface area contributed by atoms with E-state index in [1.54, 1.807) is 14.0 Å². The summed E-state index contributed by atoms with van der Waals surface area (Å²) in [4.78, 5) is 11.9. The second-order valence-electron chi connectivity index (χ2n) is 6.10. The third-order valence-electron chi connectivity index (χ3n) is 4.07. The molecule has 0 amide bonds. The van der Waals surface area contributed by atoms with E-state index in [1.807, 2.05) is 55.5 Å². The first-order valence-electron chi connectivity index (χ1n) is 8.88. The predicted octanol–water partition coefficient (Wildman–Crippen LogP) is 3.91. The molecule has 0 aliphatic heterocycles. The maximum absolute atomic E-state index is 11.9. The molecule has 2 rings (SSSR count). The maximum Gasteiger partial charge on any atom is 0.333 e. The summed E-state index contributed by atoms with van der Waals surface area (Å²) >= 11 is 0. The van der Waals surface area contributed by atoms with E-state index >= 15 is 0 Å². The maximum atomic E-state index is 11.9. The van der Waals surface area contributed by atoms with Crippen molar-refractivity contribution in [3.05, 3.63) is 77.4 Å². The van der Waals surface area contributed by atoms with Crippen molar-refractivity contribution in [3.8, 4) is 5.75 Å². The zero-order valence-corrected chi connectivity index (χ0v) is 15.7. The SMILES string of the molecule is CCOC(=O)/C(C)=C/[C@H](Cc1ccccc1)NCc1ccc(OC)cc1. The molecule has 0 unspecified atom stereocenters. The summed E-state index contributed by atoms with van der Waals surface area (Å²) in [7, 11) is 1.66. The van der Waals surface area contributed by atoms with Crippen molar-refractivity contribution in [2.24, 2.45) is 0 Å². The average Bonchev–Trinajstić information content (AvgIpc) is 2.67. The van der Waals surface area contributed by atoms with Crippen LogP contribution in [0.25, 0.3) is 0 Å². The van der Waals surface area contributed by atoms with Gasteiger partial charge in [0.2, 0.25) is 0 Å². The van der Waals surface area contributed by atoms with Crippen LogP contribution in [-0.4, -0.2) is 25.7 Å². The van der Waals surface area contributed by atoms with E-state index in [-0.39, 0.29) is 12.0 Å². The lowest BCUT2D eigenvalue weighted by Gasteiger charge is -2.17. The Hall–Kier alpha value is -2.59. The van der Waals surface area contributed by atoms with Crippen LogP contribution in [0.1, 0.15) is 25.0 Å². The van der Waals surface area contributed by atoms with E-state index in [0.29, 0.717) is 18.7 Å². The second-order valence-corrected chi connectivity index (χ2v) is 6.10. The van der Waals surface area contributed by atoms with Gasteiger partial charge in [0.1, 0.15) is 5.75 Å². The number of rotatable bonds is 9. The lowest BCUT2D eigenvalue weighted by molar-refractivity contribution is -0.138. The zero-order valence-electron chi connectivity index (χ0n) is 15.7. The number of carbonyl (C=O) groups is 1. The molecule has 138 valence electrons. The second kappa shape index (κ2) is 10.4. The molecule has 26 heavy (non-hydrogen) atoms. The minimum absolute atomic E-state index is 0.0314. The number of nitrogens with one attached hydrogen (secondary N) is 1. The van der Waals surface area contributed by atoms with Gasteiger partial charge in [-0.2, -0.15) is 0 Å². The number of hydrogen-bond donors (Lipinski definition) is 1. The van der Waals surface area contributed by atoms with Gasteiger partial charge >= 0.3 is 5.97 Å². The van der Waals surface area contributed by atoms with Crippen molar-refractivity contribution in [3.63, 3.8) is 0 Å². The lowest BCUT2D eigenvalue weighted by Crippen LogP contribution is -2.29. The summed E-state index contributed by atoms with van der Waals surface area (Å²) in [5.74, 6) is 0.574. The summed E-state index contributed by atoms with van der Waals surface area (Å²) in [6, 6.07) is 18.2. The fraction of sp³-hybridized carbons (Fsp3) is 0.318. The molecule has 0 heterocycles. The van der Waals surface area contributed by atoms with Crippen LogP contribution in [0.15, 0.2) is 66.2 Å². The van der Waals surface area contributed by atoms with Crippen LogP contribution in [0.3, 0.4) is 0 Å². The normalized spacial score (nSPS) is 12.5. The van der Waals surface area contributed by atoms with Crippen LogP contribution >= 0.6 is 0 Å². The van der Waals surface area contributed by atoms with E-state index in [2.05, 4.69) is 17.4 Å². The number of methoxy groups -OCH3 is 1. The molecular formula is C22H27NO3. The van der Waals surface area contributed by atoms with E-state index in [4.69, 9.17) is 9.47 Å². The zero-order chi connectivity index (χ0) is 18.8. The molecule has 0 fully saturated rings. The van der Waals surface area contributed by atoms with E-state index in [1.165, 1.54) is 5.56 Å². The van der Waals surface area contributed by atoms with Gasteiger partial charge in [-0.15, -0.1) is 0 Å². The Kier molecular flexibility index (Phi) is 7.90. The number of benzene rings is 2. The van der Waals surface area contributed by atoms with Crippen LogP contribution in [0.5, 0.6) is 5.75 Å². The lowest BCUT2D eigenvalue weighted by atomic mass is 10.0. The number of carbonyl (C=O) groups excluding carboxylic acids is 1. The molecule has 0 bridgehead atoms. The highest BCUT2D eigenvalue weighted by molar-refractivity contribution is 5.87. The standard InChI is InChI=1S/C22H27NO3/c1-4-26-22(24)17(2)14-20(15-18-8-6-5-7-9-18)23-16-19-10-12-21(25-3)13-11-19/h5-14,20,23H,4,15-16H2,1-3H3/b17-14+/t20-/m1/s1. The highest BCUT2D eigenvalue weighted by atomic mass is 16.5. The van der Waals surface area contributed by atoms with Gasteiger partial charge in [-0.05, 0) is 43.5 Å². The smallest absolute Gasteiger partial charge is 0.333 e. The number of hydrogen-bond acceptors (Lipinski definition) is 4. The molecule has 4 nitrogen and oxygen atoms in total. The minimum atomic E-state index is -0.267. The van der Waals surface area contributed by atoms with Gasteiger partial charge in [-0.3, -0.25) is 0 Å². The van der Waals surface area contributed by atoms with Gasteiger partial charge in [-0.1, -0.05) is 48.5 Å². The summed E-state index contributed by atoms with van der Waals surface area (Å²) in [6.07, 6.45) is 2.75. The summed E-state index contributed by atoms with van der Waals surface area (Å²) in [6.45, 7) is 4.69. The molecule has 0 saturated heterocycles. The Morgan fingerprint density at radius 2 is 1.77 bits per heavy atom. The Balaban J connectivity index is 2.08. The fourth-order valence-corrected chi connectivity index (χ4v) is 2.67. The van der Waals surface area contributed by atoms with Crippen molar-refractivity contribution in [1.29, 1.82) is 0 Å². The summed E-state index contributed by atoms with van der Waals surface area (Å²) in [5, 5.41) is 3.52. The molecule has 0 aliphatic carbocycles. The molecule has 1 atom stereocenters. The Morgan fingerprint density at radius 1 is 1.08 bits per heavy atom. The topological polar surface area (TPSA) is 47.6 Å². The highest BCUT2D eigenvalue weighted by Crippen LogP contribution is 2.12. The number of esters is 1. The first-order valence-corrected chi connectivity index (χ1v) is 8.88. The molecule has 0 spiro atoms. The first kappa shape index (κ1) is 19.7. The number of ether oxygens (including phenoxy) is 2. The third kappa shape index (κ3) is 6.37. The fourth-order valence-electron chi connectivity index (χ4n) is 2.67. The molecule has 1 N–H and O–H groups in total. The van der Waals surface area contributed by atoms with Gasteiger partial charge < -0.3 is 14.8 Å². The van der Waals surface area contributed by atoms with Crippen LogP contribution in [0.2, 0.25) is 0 Å². The van der Waals surface area contributed by atoms with Crippen molar-refractivity contribution in [2.45, 2.75) is 32.9 Å². The molecule has 0 aromatic heterocycles. The molecule has 0 radical (unpaired) electrons. The summed E-state index contributed by atoms with van der Waals surface area (Å²) < 4.78 is 10.3. The van der Waals surface area contributed by atoms with Gasteiger partial charge in [0.25, 0.3) is 0 Å². The van der Waals surface area contributed by atoms with Crippen molar-refractivity contribution in [1.82, 2.24) is 5.32 Å². The Labute approximate surface area is 155 Å². The molecular weight excluding hydrogens is 326 g/mol. The summed E-state index contributed by atoms with van der Waals surface area (Å²) in [5.41, 5.74) is 2.99. The average molecular weight is 353 g/mol. The molecule has 4 heteroatoms. The molecule has 0 aliphatic rings. The largest absolute Gasteiger partial charge is 0.497 e. The Bertz CT molecular complexity index is 708. The van der Waals surface area contributed by atoms with Crippen molar-refractivity contribution < 1.29 is 14.3 Å². The predicted molar refractivity (Wildman–Crippen MR) is 104 cm³/mol. The highest BCUT2D eigenvalue weighted by Gasteiger charge is 2.11. The van der Waals surface area contributed by atoms with Crippen LogP contribution in [0, 0.1) is 0 Å². The monoisotopic (exact) mass is 353 g/mol. The molecule has 2 aromatic rings. The van der Waals surface area contributed by atoms with Gasteiger partial charge in [0.15, 0.2) is 0 Å². The van der Waals surface area contributed by atoms with Gasteiger partial charge in [0, 0.05) is 18.2 Å². The third-order valence-corrected chi connectivity index (χ3v) is 4.07. The quantitative estimate of drug-likeness (QED) is 0.548. The van der Waals surface area contributed by atoms with Crippen molar-refractivity contribution in [2.75, 3.05) is 13.7 Å². The first-order chi connectivity index (χ1) is 12.6.